The van der Waals surface area contributed by atoms with E-state index in [2.05, 4.69) is 6.58 Å². The molecule has 0 saturated carbocycles. The second kappa shape index (κ2) is 9.43. The molecule has 0 atom stereocenters. The van der Waals surface area contributed by atoms with Crippen LogP contribution in [-0.2, 0) is 4.79 Å². The van der Waals surface area contributed by atoms with E-state index in [9.17, 15) is 4.79 Å². The number of hydrogen-bond donors (Lipinski definition) is 0. The highest BCUT2D eigenvalue weighted by Gasteiger charge is 2.13. The van der Waals surface area contributed by atoms with Crippen LogP contribution in [0.3, 0.4) is 0 Å². The predicted octanol–water partition coefficient (Wildman–Crippen LogP) is 6.35. The minimum absolute atomic E-state index is 0.333. The first-order valence-electron chi connectivity index (χ1n) is 10.3. The summed E-state index contributed by atoms with van der Waals surface area (Å²) in [6.45, 7) is 8.17. The molecule has 0 aliphatic carbocycles. The lowest BCUT2D eigenvalue weighted by Gasteiger charge is -2.09. The zero-order chi connectivity index (χ0) is 22.5. The van der Waals surface area contributed by atoms with Crippen LogP contribution < -0.4 is 14.2 Å². The van der Waals surface area contributed by atoms with Crippen molar-refractivity contribution in [3.8, 4) is 28.4 Å². The minimum atomic E-state index is -0.475. The van der Waals surface area contributed by atoms with E-state index in [4.69, 9.17) is 18.6 Å². The highest BCUT2D eigenvalue weighted by atomic mass is 16.5. The average Bonchev–Trinajstić information content (AvgIpc) is 3.20. The largest absolute Gasteiger partial charge is 0.490 e. The van der Waals surface area contributed by atoms with Gasteiger partial charge in [0.25, 0.3) is 0 Å². The van der Waals surface area contributed by atoms with Gasteiger partial charge in [0.05, 0.1) is 5.39 Å². The van der Waals surface area contributed by atoms with Gasteiger partial charge in [-0.05, 0) is 61.4 Å². The van der Waals surface area contributed by atoms with Gasteiger partial charge in [-0.1, -0.05) is 42.5 Å². The molecule has 0 unspecified atom stereocenters. The molecule has 0 N–H and O–H groups in total. The molecule has 0 saturated heterocycles. The molecule has 1 aromatic heterocycles. The van der Waals surface area contributed by atoms with Crippen LogP contribution in [0.25, 0.3) is 22.1 Å². The molecule has 4 rings (SSSR count). The maximum atomic E-state index is 11.8. The van der Waals surface area contributed by atoms with E-state index in [-0.39, 0.29) is 0 Å². The molecule has 3 aromatic carbocycles. The molecule has 0 spiro atoms. The first-order chi connectivity index (χ1) is 15.5. The average molecular weight is 428 g/mol. The van der Waals surface area contributed by atoms with E-state index in [1.54, 1.807) is 6.92 Å². The van der Waals surface area contributed by atoms with Gasteiger partial charge in [-0.25, -0.2) is 4.79 Å². The molecule has 1 heterocycles. The van der Waals surface area contributed by atoms with E-state index < -0.39 is 5.97 Å². The summed E-state index contributed by atoms with van der Waals surface area (Å²) in [4.78, 5) is 11.8. The summed E-state index contributed by atoms with van der Waals surface area (Å²) < 4.78 is 22.3. The molecule has 32 heavy (non-hydrogen) atoms. The Morgan fingerprint density at radius 1 is 0.875 bits per heavy atom. The summed E-state index contributed by atoms with van der Waals surface area (Å²) in [5.41, 5.74) is 4.18. The Kier molecular flexibility index (Phi) is 6.26. The highest BCUT2D eigenvalue weighted by Crippen LogP contribution is 2.32. The fraction of sp³-hybridized carbons (Fsp3) is 0.148. The Morgan fingerprint density at radius 3 is 2.09 bits per heavy atom. The lowest BCUT2D eigenvalue weighted by atomic mass is 10.0. The number of carbonyl (C=O) groups is 1. The van der Waals surface area contributed by atoms with Crippen molar-refractivity contribution >= 4 is 16.9 Å². The monoisotopic (exact) mass is 428 g/mol. The lowest BCUT2D eigenvalue weighted by Crippen LogP contribution is -2.08. The minimum Gasteiger partial charge on any atom is -0.490 e. The van der Waals surface area contributed by atoms with Crippen LogP contribution in [0.15, 0.2) is 89.6 Å². The van der Waals surface area contributed by atoms with Gasteiger partial charge < -0.3 is 18.6 Å². The van der Waals surface area contributed by atoms with Crippen molar-refractivity contribution < 1.29 is 23.4 Å². The molecule has 0 radical (unpaired) electrons. The summed E-state index contributed by atoms with van der Waals surface area (Å²) in [5.74, 6) is 1.52. The standard InChI is InChI=1S/C27H24O5/c1-18(2)27(28)32-26-17-31-25-16-21(8-13-24(25)26)20-6-11-23(12-7-20)30-15-14-29-22-9-4-19(3)5-10-22/h4-13,16-17H,1,14-15H2,2-3H3. The van der Waals surface area contributed by atoms with Gasteiger partial charge in [0.15, 0.2) is 5.75 Å². The smallest absolute Gasteiger partial charge is 0.338 e. The van der Waals surface area contributed by atoms with Gasteiger partial charge in [0, 0.05) is 5.57 Å². The van der Waals surface area contributed by atoms with Crippen LogP contribution in [0.2, 0.25) is 0 Å². The van der Waals surface area contributed by atoms with Crippen molar-refractivity contribution in [2.45, 2.75) is 13.8 Å². The van der Waals surface area contributed by atoms with Gasteiger partial charge >= 0.3 is 5.97 Å². The zero-order valence-electron chi connectivity index (χ0n) is 18.1. The molecule has 162 valence electrons. The second-order valence-electron chi connectivity index (χ2n) is 7.52. The zero-order valence-corrected chi connectivity index (χ0v) is 18.1. The first kappa shape index (κ1) is 21.2. The lowest BCUT2D eigenvalue weighted by molar-refractivity contribution is -0.130. The van der Waals surface area contributed by atoms with Crippen LogP contribution in [-0.4, -0.2) is 19.2 Å². The van der Waals surface area contributed by atoms with Crippen molar-refractivity contribution in [1.29, 1.82) is 0 Å². The number of ether oxygens (including phenoxy) is 3. The number of furan rings is 1. The number of esters is 1. The van der Waals surface area contributed by atoms with Crippen LogP contribution >= 0.6 is 0 Å². The number of rotatable bonds is 8. The van der Waals surface area contributed by atoms with Gasteiger partial charge in [-0.15, -0.1) is 0 Å². The third kappa shape index (κ3) is 5.01. The molecule has 5 heteroatoms. The van der Waals surface area contributed by atoms with Gasteiger partial charge in [-0.2, -0.15) is 0 Å². The normalized spacial score (nSPS) is 10.7. The number of aryl methyl sites for hydroxylation is 1. The molecular formula is C27H24O5. The number of benzene rings is 3. The summed E-state index contributed by atoms with van der Waals surface area (Å²) in [6, 6.07) is 21.5. The molecule has 0 amide bonds. The maximum absolute atomic E-state index is 11.8. The quantitative estimate of drug-likeness (QED) is 0.186. The fourth-order valence-electron chi connectivity index (χ4n) is 3.15. The van der Waals surface area contributed by atoms with Crippen LogP contribution in [0.4, 0.5) is 0 Å². The Morgan fingerprint density at radius 2 is 1.47 bits per heavy atom. The van der Waals surface area contributed by atoms with E-state index in [0.717, 1.165) is 28.0 Å². The molecule has 4 aromatic rings. The van der Waals surface area contributed by atoms with Crippen LogP contribution in [0.5, 0.6) is 17.2 Å². The third-order valence-electron chi connectivity index (χ3n) is 4.92. The molecule has 0 bridgehead atoms. The van der Waals surface area contributed by atoms with E-state index >= 15 is 0 Å². The van der Waals surface area contributed by atoms with E-state index in [1.165, 1.54) is 11.8 Å². The van der Waals surface area contributed by atoms with Crippen molar-refractivity contribution in [2.75, 3.05) is 13.2 Å². The SMILES string of the molecule is C=C(C)C(=O)Oc1coc2cc(-c3ccc(OCCOc4ccc(C)cc4)cc3)ccc12. The first-order valence-corrected chi connectivity index (χ1v) is 10.3. The van der Waals surface area contributed by atoms with Crippen molar-refractivity contribution in [3.63, 3.8) is 0 Å². The van der Waals surface area contributed by atoms with Crippen molar-refractivity contribution in [1.82, 2.24) is 0 Å². The molecule has 0 aliphatic rings. The molecule has 5 nitrogen and oxygen atoms in total. The van der Waals surface area contributed by atoms with Crippen molar-refractivity contribution in [3.05, 3.63) is 90.7 Å². The number of carbonyl (C=O) groups excluding carboxylic acids is 1. The summed E-state index contributed by atoms with van der Waals surface area (Å²) >= 11 is 0. The number of hydrogen-bond acceptors (Lipinski definition) is 5. The van der Waals surface area contributed by atoms with Gasteiger partial charge in [-0.3, -0.25) is 0 Å². The van der Waals surface area contributed by atoms with Crippen LogP contribution in [0.1, 0.15) is 12.5 Å². The molecular weight excluding hydrogens is 404 g/mol. The topological polar surface area (TPSA) is 57.9 Å². The van der Waals surface area contributed by atoms with E-state index in [1.807, 2.05) is 73.7 Å². The van der Waals surface area contributed by atoms with Crippen molar-refractivity contribution in [2.24, 2.45) is 0 Å². The molecule has 0 fully saturated rings. The maximum Gasteiger partial charge on any atom is 0.338 e. The van der Waals surface area contributed by atoms with Gasteiger partial charge in [0.2, 0.25) is 0 Å². The Balaban J connectivity index is 1.36. The summed E-state index contributed by atoms with van der Waals surface area (Å²) in [7, 11) is 0. The molecule has 0 aliphatic heterocycles. The highest BCUT2D eigenvalue weighted by molar-refractivity contribution is 5.94. The summed E-state index contributed by atoms with van der Waals surface area (Å²) in [5, 5.41) is 0.733. The number of fused-ring (bicyclic) bond motifs is 1. The second-order valence-corrected chi connectivity index (χ2v) is 7.52. The Bertz CT molecular complexity index is 1230. The predicted molar refractivity (Wildman–Crippen MR) is 124 cm³/mol. The summed E-state index contributed by atoms with van der Waals surface area (Å²) in [6.07, 6.45) is 1.44. The third-order valence-corrected chi connectivity index (χ3v) is 4.92. The van der Waals surface area contributed by atoms with E-state index in [0.29, 0.717) is 30.1 Å². The fourth-order valence-corrected chi connectivity index (χ4v) is 3.15. The Hall–Kier alpha value is -3.99. The van der Waals surface area contributed by atoms with Gasteiger partial charge in [0.1, 0.15) is 36.6 Å². The van der Waals surface area contributed by atoms with Crippen LogP contribution in [0, 0.1) is 6.92 Å². The Labute approximate surface area is 186 Å².